The molecule has 0 radical (unpaired) electrons. The number of carbonyl (C=O) groups is 1. The highest BCUT2D eigenvalue weighted by molar-refractivity contribution is 5.84. The maximum Gasteiger partial charge on any atom is 0.226 e. The summed E-state index contributed by atoms with van der Waals surface area (Å²) in [6.07, 6.45) is 5.38. The molecule has 3 heterocycles. The van der Waals surface area contributed by atoms with Crippen LogP contribution < -0.4 is 0 Å². The second-order valence-corrected chi connectivity index (χ2v) is 8.13. The maximum absolute atomic E-state index is 13.1. The Kier molecular flexibility index (Phi) is 4.47. The summed E-state index contributed by atoms with van der Waals surface area (Å²) in [6, 6.07) is 8.39. The number of aromatic nitrogens is 4. The Bertz CT molecular complexity index is 1020. The van der Waals surface area contributed by atoms with Gasteiger partial charge in [-0.2, -0.15) is 4.52 Å². The number of pyridine rings is 1. The van der Waals surface area contributed by atoms with Gasteiger partial charge in [-0.05, 0) is 60.7 Å². The standard InChI is InChI=1S/C21H25N5O2/c1-14-7-8-16-11-17(20-22-23-24-26(20)19(16)10-14)12-25(13-18-6-3-9-28-18)21(27)15-4-2-5-15/h7-8,10-11,15,18H,2-6,9,12-13H2,1H3/t18-/m0/s1. The van der Waals surface area contributed by atoms with Crippen LogP contribution in [-0.4, -0.2) is 50.1 Å². The summed E-state index contributed by atoms with van der Waals surface area (Å²) in [4.78, 5) is 15.1. The second-order valence-electron chi connectivity index (χ2n) is 8.13. The summed E-state index contributed by atoms with van der Waals surface area (Å²) in [5.74, 6) is 0.410. The quantitative estimate of drug-likeness (QED) is 0.682. The fourth-order valence-electron chi connectivity index (χ4n) is 4.26. The van der Waals surface area contributed by atoms with E-state index < -0.39 is 0 Å². The van der Waals surface area contributed by atoms with E-state index in [4.69, 9.17) is 4.74 Å². The first-order valence-corrected chi connectivity index (χ1v) is 10.2. The Labute approximate surface area is 163 Å². The zero-order valence-corrected chi connectivity index (χ0v) is 16.2. The van der Waals surface area contributed by atoms with Crippen molar-refractivity contribution in [3.8, 4) is 0 Å². The monoisotopic (exact) mass is 379 g/mol. The summed E-state index contributed by atoms with van der Waals surface area (Å²) in [7, 11) is 0. The van der Waals surface area contributed by atoms with E-state index in [2.05, 4.69) is 46.7 Å². The van der Waals surface area contributed by atoms with Crippen LogP contribution >= 0.6 is 0 Å². The van der Waals surface area contributed by atoms with Crippen molar-refractivity contribution in [1.82, 2.24) is 24.9 Å². The van der Waals surface area contributed by atoms with Crippen LogP contribution in [0.25, 0.3) is 16.6 Å². The molecule has 0 spiro atoms. The molecule has 1 aliphatic carbocycles. The normalized spacial score (nSPS) is 20.0. The molecule has 0 bridgehead atoms. The van der Waals surface area contributed by atoms with E-state index in [0.29, 0.717) is 13.1 Å². The highest BCUT2D eigenvalue weighted by atomic mass is 16.5. The predicted molar refractivity (Wildman–Crippen MR) is 105 cm³/mol. The fourth-order valence-corrected chi connectivity index (χ4v) is 4.26. The Morgan fingerprint density at radius 1 is 1.25 bits per heavy atom. The number of tetrazole rings is 1. The minimum atomic E-state index is 0.138. The van der Waals surface area contributed by atoms with Crippen molar-refractivity contribution < 1.29 is 9.53 Å². The van der Waals surface area contributed by atoms with Gasteiger partial charge in [0.25, 0.3) is 0 Å². The van der Waals surface area contributed by atoms with E-state index in [1.54, 1.807) is 4.52 Å². The van der Waals surface area contributed by atoms with Gasteiger partial charge in [-0.1, -0.05) is 18.6 Å². The highest BCUT2D eigenvalue weighted by Crippen LogP contribution is 2.30. The van der Waals surface area contributed by atoms with Crippen molar-refractivity contribution in [3.63, 3.8) is 0 Å². The average molecular weight is 379 g/mol. The van der Waals surface area contributed by atoms with Gasteiger partial charge < -0.3 is 9.64 Å². The number of benzene rings is 1. The molecule has 2 aromatic heterocycles. The Morgan fingerprint density at radius 2 is 2.14 bits per heavy atom. The third kappa shape index (κ3) is 3.13. The molecule has 28 heavy (non-hydrogen) atoms. The van der Waals surface area contributed by atoms with Gasteiger partial charge in [0.1, 0.15) is 0 Å². The van der Waals surface area contributed by atoms with Gasteiger partial charge in [0.2, 0.25) is 5.91 Å². The minimum absolute atomic E-state index is 0.138. The van der Waals surface area contributed by atoms with Crippen LogP contribution in [0.5, 0.6) is 0 Å². The molecule has 146 valence electrons. The molecule has 2 aliphatic rings. The first kappa shape index (κ1) is 17.6. The molecule has 2 fully saturated rings. The van der Waals surface area contributed by atoms with Crippen molar-refractivity contribution in [1.29, 1.82) is 0 Å². The van der Waals surface area contributed by atoms with E-state index in [0.717, 1.165) is 66.4 Å². The molecule has 0 unspecified atom stereocenters. The molecule has 7 heteroatoms. The molecule has 1 atom stereocenters. The van der Waals surface area contributed by atoms with Crippen molar-refractivity contribution in [2.24, 2.45) is 5.92 Å². The van der Waals surface area contributed by atoms with Crippen molar-refractivity contribution in [3.05, 3.63) is 35.4 Å². The molecular weight excluding hydrogens is 354 g/mol. The second kappa shape index (κ2) is 7.13. The van der Waals surface area contributed by atoms with Crippen LogP contribution in [-0.2, 0) is 16.1 Å². The van der Waals surface area contributed by atoms with Crippen LogP contribution in [0.1, 0.15) is 43.2 Å². The molecule has 1 amide bonds. The number of nitrogens with zero attached hydrogens (tertiary/aromatic N) is 5. The van der Waals surface area contributed by atoms with Gasteiger partial charge in [-0.15, -0.1) is 5.10 Å². The first-order valence-electron chi connectivity index (χ1n) is 10.2. The van der Waals surface area contributed by atoms with Crippen molar-refractivity contribution in [2.75, 3.05) is 13.2 Å². The molecule has 7 nitrogen and oxygen atoms in total. The first-order chi connectivity index (χ1) is 13.7. The van der Waals surface area contributed by atoms with E-state index in [1.165, 1.54) is 0 Å². The summed E-state index contributed by atoms with van der Waals surface area (Å²) in [5.41, 5.74) is 3.85. The number of carbonyl (C=O) groups excluding carboxylic acids is 1. The lowest BCUT2D eigenvalue weighted by Crippen LogP contribution is -2.42. The topological polar surface area (TPSA) is 72.6 Å². The zero-order valence-electron chi connectivity index (χ0n) is 16.2. The number of hydrogen-bond acceptors (Lipinski definition) is 5. The molecule has 1 aliphatic heterocycles. The van der Waals surface area contributed by atoms with Crippen molar-refractivity contribution in [2.45, 2.75) is 51.7 Å². The van der Waals surface area contributed by atoms with Gasteiger partial charge in [0, 0.05) is 36.6 Å². The van der Waals surface area contributed by atoms with E-state index in [1.807, 2.05) is 4.90 Å². The maximum atomic E-state index is 13.1. The zero-order chi connectivity index (χ0) is 19.1. The van der Waals surface area contributed by atoms with E-state index in [-0.39, 0.29) is 17.9 Å². The summed E-state index contributed by atoms with van der Waals surface area (Å²) < 4.78 is 7.61. The van der Waals surface area contributed by atoms with E-state index in [9.17, 15) is 4.79 Å². The SMILES string of the molecule is Cc1ccc2cc(CN(C[C@@H]3CCCO3)C(=O)C3CCC3)c3nnnn3c2c1. The Morgan fingerprint density at radius 3 is 2.89 bits per heavy atom. The number of ether oxygens (including phenoxy) is 1. The van der Waals surface area contributed by atoms with Gasteiger partial charge in [-0.3, -0.25) is 4.79 Å². The third-order valence-electron chi connectivity index (χ3n) is 6.08. The summed E-state index contributed by atoms with van der Waals surface area (Å²) in [5, 5.41) is 13.4. The molecule has 0 N–H and O–H groups in total. The summed E-state index contributed by atoms with van der Waals surface area (Å²) in [6.45, 7) is 4.02. The predicted octanol–water partition coefficient (Wildman–Crippen LogP) is 2.89. The van der Waals surface area contributed by atoms with Crippen LogP contribution in [0.4, 0.5) is 0 Å². The molecule has 1 aromatic carbocycles. The van der Waals surface area contributed by atoms with Crippen LogP contribution in [0.15, 0.2) is 24.3 Å². The lowest BCUT2D eigenvalue weighted by Gasteiger charge is -2.33. The Balaban J connectivity index is 1.51. The van der Waals surface area contributed by atoms with Gasteiger partial charge >= 0.3 is 0 Å². The lowest BCUT2D eigenvalue weighted by molar-refractivity contribution is -0.140. The van der Waals surface area contributed by atoms with Gasteiger partial charge in [0.15, 0.2) is 5.65 Å². The number of aryl methyl sites for hydroxylation is 1. The largest absolute Gasteiger partial charge is 0.376 e. The highest BCUT2D eigenvalue weighted by Gasteiger charge is 2.32. The van der Waals surface area contributed by atoms with Crippen molar-refractivity contribution >= 4 is 22.5 Å². The average Bonchev–Trinajstić information content (AvgIpc) is 3.32. The Hall–Kier alpha value is -2.54. The third-order valence-corrected chi connectivity index (χ3v) is 6.08. The summed E-state index contributed by atoms with van der Waals surface area (Å²) >= 11 is 0. The van der Waals surface area contributed by atoms with Gasteiger partial charge in [0.05, 0.1) is 11.6 Å². The molecular formula is C21H25N5O2. The van der Waals surface area contributed by atoms with Crippen LogP contribution in [0, 0.1) is 12.8 Å². The number of fused-ring (bicyclic) bond motifs is 3. The minimum Gasteiger partial charge on any atom is -0.376 e. The molecule has 1 saturated heterocycles. The van der Waals surface area contributed by atoms with E-state index >= 15 is 0 Å². The lowest BCUT2D eigenvalue weighted by atomic mass is 9.84. The number of amides is 1. The molecule has 3 aromatic rings. The molecule has 1 saturated carbocycles. The number of rotatable bonds is 5. The van der Waals surface area contributed by atoms with Crippen LogP contribution in [0.2, 0.25) is 0 Å². The van der Waals surface area contributed by atoms with Crippen LogP contribution in [0.3, 0.4) is 0 Å². The van der Waals surface area contributed by atoms with Gasteiger partial charge in [-0.25, -0.2) is 0 Å². The molecule has 5 rings (SSSR count). The smallest absolute Gasteiger partial charge is 0.226 e. The fraction of sp³-hybridized carbons (Fsp3) is 0.524. The number of hydrogen-bond donors (Lipinski definition) is 0.